The van der Waals surface area contributed by atoms with Gasteiger partial charge in [-0.15, -0.1) is 0 Å². The molecular formula is C21H24N4O4. The minimum atomic E-state index is -0.263. The lowest BCUT2D eigenvalue weighted by Gasteiger charge is -2.17. The normalized spacial score (nSPS) is 11.7. The first-order valence-corrected chi connectivity index (χ1v) is 9.23. The first kappa shape index (κ1) is 20.3. The van der Waals surface area contributed by atoms with E-state index in [2.05, 4.69) is 15.4 Å². The van der Waals surface area contributed by atoms with Gasteiger partial charge in [-0.3, -0.25) is 4.79 Å². The van der Waals surface area contributed by atoms with Gasteiger partial charge >= 0.3 is 0 Å². The fourth-order valence-corrected chi connectivity index (χ4v) is 2.93. The molecule has 1 aromatic carbocycles. The van der Waals surface area contributed by atoms with Crippen molar-refractivity contribution in [1.82, 2.24) is 20.1 Å². The van der Waals surface area contributed by atoms with E-state index in [-0.39, 0.29) is 25.2 Å². The maximum absolute atomic E-state index is 12.8. The molecule has 0 aliphatic heterocycles. The van der Waals surface area contributed by atoms with Crippen LogP contribution in [0.5, 0.6) is 11.5 Å². The molecule has 8 nitrogen and oxygen atoms in total. The number of aliphatic hydroxyl groups is 1. The highest BCUT2D eigenvalue weighted by atomic mass is 16.5. The SMILES string of the molecule is COc1cc([C@H](C)NC(=O)c2cnn(-c3ccccn3)c2C)ccc1OCCO. The molecule has 0 unspecified atom stereocenters. The molecule has 8 heteroatoms. The monoisotopic (exact) mass is 396 g/mol. The number of rotatable bonds is 8. The van der Waals surface area contributed by atoms with Crippen molar-refractivity contribution in [1.29, 1.82) is 0 Å². The van der Waals surface area contributed by atoms with Gasteiger partial charge in [0.25, 0.3) is 5.91 Å². The van der Waals surface area contributed by atoms with E-state index >= 15 is 0 Å². The van der Waals surface area contributed by atoms with E-state index < -0.39 is 0 Å². The summed E-state index contributed by atoms with van der Waals surface area (Å²) in [5.41, 5.74) is 2.05. The van der Waals surface area contributed by atoms with Crippen molar-refractivity contribution in [2.24, 2.45) is 0 Å². The van der Waals surface area contributed by atoms with Crippen molar-refractivity contribution in [2.75, 3.05) is 20.3 Å². The van der Waals surface area contributed by atoms with Crippen molar-refractivity contribution < 1.29 is 19.4 Å². The summed E-state index contributed by atoms with van der Waals surface area (Å²) >= 11 is 0. The highest BCUT2D eigenvalue weighted by Crippen LogP contribution is 2.30. The van der Waals surface area contributed by atoms with Crippen LogP contribution in [-0.2, 0) is 0 Å². The summed E-state index contributed by atoms with van der Waals surface area (Å²) in [6.45, 7) is 3.82. The molecule has 3 rings (SSSR count). The molecule has 29 heavy (non-hydrogen) atoms. The number of hydrogen-bond donors (Lipinski definition) is 2. The van der Waals surface area contributed by atoms with E-state index in [4.69, 9.17) is 14.6 Å². The Morgan fingerprint density at radius 1 is 1.28 bits per heavy atom. The van der Waals surface area contributed by atoms with E-state index in [1.807, 2.05) is 44.2 Å². The molecule has 2 N–H and O–H groups in total. The summed E-state index contributed by atoms with van der Waals surface area (Å²) in [5, 5.41) is 16.2. The Hall–Kier alpha value is -3.39. The molecule has 152 valence electrons. The Balaban J connectivity index is 1.75. The van der Waals surface area contributed by atoms with Crippen LogP contribution in [0.25, 0.3) is 5.82 Å². The summed E-state index contributed by atoms with van der Waals surface area (Å²) in [5.74, 6) is 1.50. The van der Waals surface area contributed by atoms with E-state index in [0.717, 1.165) is 5.56 Å². The number of benzene rings is 1. The highest BCUT2D eigenvalue weighted by molar-refractivity contribution is 5.95. The van der Waals surface area contributed by atoms with Crippen LogP contribution in [-0.4, -0.2) is 46.1 Å². The quantitative estimate of drug-likeness (QED) is 0.607. The number of hydrogen-bond acceptors (Lipinski definition) is 6. The van der Waals surface area contributed by atoms with Gasteiger partial charge in [-0.1, -0.05) is 12.1 Å². The fourth-order valence-electron chi connectivity index (χ4n) is 2.93. The molecule has 0 bridgehead atoms. The summed E-state index contributed by atoms with van der Waals surface area (Å²) in [6, 6.07) is 10.7. The van der Waals surface area contributed by atoms with Gasteiger partial charge in [0.1, 0.15) is 6.61 Å². The molecule has 1 amide bonds. The zero-order valence-electron chi connectivity index (χ0n) is 16.6. The van der Waals surface area contributed by atoms with Crippen molar-refractivity contribution in [3.63, 3.8) is 0 Å². The average molecular weight is 396 g/mol. The lowest BCUT2D eigenvalue weighted by Crippen LogP contribution is -2.27. The topological polar surface area (TPSA) is 98.5 Å². The number of pyridine rings is 1. The number of methoxy groups -OCH3 is 1. The first-order valence-electron chi connectivity index (χ1n) is 9.23. The smallest absolute Gasteiger partial charge is 0.255 e. The van der Waals surface area contributed by atoms with Gasteiger partial charge in [-0.2, -0.15) is 5.10 Å². The third-order valence-corrected chi connectivity index (χ3v) is 4.50. The molecule has 0 saturated carbocycles. The number of aromatic nitrogens is 3. The molecule has 0 saturated heterocycles. The molecule has 0 spiro atoms. The number of carbonyl (C=O) groups excluding carboxylic acids is 1. The standard InChI is InChI=1S/C21H24N4O4/c1-14(16-7-8-18(29-11-10-26)19(12-16)28-3)24-21(27)17-13-23-25(15(17)2)20-6-4-5-9-22-20/h4-9,12-14,26H,10-11H2,1-3H3,(H,24,27)/t14-/m0/s1. The van der Waals surface area contributed by atoms with Crippen molar-refractivity contribution in [2.45, 2.75) is 19.9 Å². The molecule has 2 aromatic heterocycles. The third kappa shape index (κ3) is 4.55. The number of ether oxygens (including phenoxy) is 2. The van der Waals surface area contributed by atoms with Crippen molar-refractivity contribution >= 4 is 5.91 Å². The minimum Gasteiger partial charge on any atom is -0.493 e. The Morgan fingerprint density at radius 2 is 2.10 bits per heavy atom. The zero-order chi connectivity index (χ0) is 20.8. The van der Waals surface area contributed by atoms with Gasteiger partial charge in [0.2, 0.25) is 0 Å². The lowest BCUT2D eigenvalue weighted by atomic mass is 10.1. The predicted octanol–water partition coefficient (Wildman–Crippen LogP) is 2.45. The average Bonchev–Trinajstić information content (AvgIpc) is 3.14. The van der Waals surface area contributed by atoms with Crippen LogP contribution in [0.15, 0.2) is 48.8 Å². The Bertz CT molecular complexity index is 972. The predicted molar refractivity (Wildman–Crippen MR) is 108 cm³/mol. The van der Waals surface area contributed by atoms with Crippen LogP contribution >= 0.6 is 0 Å². The molecule has 0 aliphatic carbocycles. The van der Waals surface area contributed by atoms with E-state index in [0.29, 0.717) is 28.6 Å². The summed E-state index contributed by atoms with van der Waals surface area (Å²) < 4.78 is 12.4. The molecule has 0 fully saturated rings. The summed E-state index contributed by atoms with van der Waals surface area (Å²) in [7, 11) is 1.55. The number of amides is 1. The number of carbonyl (C=O) groups is 1. The van der Waals surface area contributed by atoms with Gasteiger partial charge in [0.05, 0.1) is 37.2 Å². The van der Waals surface area contributed by atoms with Crippen molar-refractivity contribution in [3.05, 3.63) is 65.6 Å². The fraction of sp³-hybridized carbons (Fsp3) is 0.286. The summed E-state index contributed by atoms with van der Waals surface area (Å²) in [4.78, 5) is 17.1. The molecular weight excluding hydrogens is 372 g/mol. The van der Waals surface area contributed by atoms with E-state index in [9.17, 15) is 4.79 Å². The van der Waals surface area contributed by atoms with Crippen LogP contribution in [0, 0.1) is 6.92 Å². The van der Waals surface area contributed by atoms with Crippen LogP contribution in [0.4, 0.5) is 0 Å². The van der Waals surface area contributed by atoms with Crippen LogP contribution in [0.3, 0.4) is 0 Å². The Kier molecular flexibility index (Phi) is 6.46. The second-order valence-corrected chi connectivity index (χ2v) is 6.42. The number of aliphatic hydroxyl groups excluding tert-OH is 1. The molecule has 1 atom stereocenters. The minimum absolute atomic E-state index is 0.0805. The molecule has 2 heterocycles. The molecule has 3 aromatic rings. The second kappa shape index (κ2) is 9.20. The largest absolute Gasteiger partial charge is 0.493 e. The van der Waals surface area contributed by atoms with E-state index in [1.165, 1.54) is 0 Å². The number of nitrogens with zero attached hydrogens (tertiary/aromatic N) is 3. The van der Waals surface area contributed by atoms with Gasteiger partial charge < -0.3 is 19.9 Å². The lowest BCUT2D eigenvalue weighted by molar-refractivity contribution is 0.0939. The van der Waals surface area contributed by atoms with Crippen LogP contribution < -0.4 is 14.8 Å². The first-order chi connectivity index (χ1) is 14.0. The van der Waals surface area contributed by atoms with Gasteiger partial charge in [-0.25, -0.2) is 9.67 Å². The Labute approximate surface area is 169 Å². The Morgan fingerprint density at radius 3 is 2.79 bits per heavy atom. The molecule has 0 radical (unpaired) electrons. The van der Waals surface area contributed by atoms with Gasteiger partial charge in [-0.05, 0) is 43.7 Å². The van der Waals surface area contributed by atoms with Crippen LogP contribution in [0.1, 0.15) is 34.6 Å². The second-order valence-electron chi connectivity index (χ2n) is 6.42. The number of nitrogens with one attached hydrogen (secondary N) is 1. The zero-order valence-corrected chi connectivity index (χ0v) is 16.6. The van der Waals surface area contributed by atoms with E-state index in [1.54, 1.807) is 30.3 Å². The van der Waals surface area contributed by atoms with Gasteiger partial charge in [0, 0.05) is 6.20 Å². The molecule has 0 aliphatic rings. The third-order valence-electron chi connectivity index (χ3n) is 4.50. The van der Waals surface area contributed by atoms with Gasteiger partial charge in [0.15, 0.2) is 17.3 Å². The highest BCUT2D eigenvalue weighted by Gasteiger charge is 2.19. The maximum Gasteiger partial charge on any atom is 0.255 e. The van der Waals surface area contributed by atoms with Crippen LogP contribution in [0.2, 0.25) is 0 Å². The van der Waals surface area contributed by atoms with Crippen molar-refractivity contribution in [3.8, 4) is 17.3 Å². The summed E-state index contributed by atoms with van der Waals surface area (Å²) in [6.07, 6.45) is 3.22. The maximum atomic E-state index is 12.8.